The lowest BCUT2D eigenvalue weighted by atomic mass is 9.94. The van der Waals surface area contributed by atoms with Gasteiger partial charge in [-0.25, -0.2) is 0 Å². The maximum absolute atomic E-state index is 11.9. The molecule has 1 aromatic carbocycles. The second kappa shape index (κ2) is 5.53. The van der Waals surface area contributed by atoms with E-state index in [1.54, 1.807) is 0 Å². The van der Waals surface area contributed by atoms with Crippen molar-refractivity contribution < 1.29 is 4.79 Å². The van der Waals surface area contributed by atoms with Gasteiger partial charge >= 0.3 is 0 Å². The predicted octanol–water partition coefficient (Wildman–Crippen LogP) is 2.85. The van der Waals surface area contributed by atoms with Crippen LogP contribution in [0.1, 0.15) is 44.6 Å². The number of nitrogens with two attached hydrogens (primary N) is 1. The summed E-state index contributed by atoms with van der Waals surface area (Å²) in [6, 6.07) is 8.00. The van der Waals surface area contributed by atoms with Gasteiger partial charge in [0.1, 0.15) is 0 Å². The van der Waals surface area contributed by atoms with Crippen molar-refractivity contribution in [3.8, 4) is 0 Å². The topological polar surface area (TPSA) is 55.1 Å². The number of hydrogen-bond acceptors (Lipinski definition) is 2. The van der Waals surface area contributed by atoms with Gasteiger partial charge < -0.3 is 11.1 Å². The fourth-order valence-electron chi connectivity index (χ4n) is 2.60. The lowest BCUT2D eigenvalue weighted by Gasteiger charge is -2.22. The minimum Gasteiger partial charge on any atom is -0.326 e. The monoisotopic (exact) mass is 246 g/mol. The fraction of sp³-hybridized carbons (Fsp3) is 0.533. The third-order valence-electron chi connectivity index (χ3n) is 3.76. The average molecular weight is 246 g/mol. The first-order valence-corrected chi connectivity index (χ1v) is 6.79. The molecule has 1 aromatic rings. The normalized spacial score (nSPS) is 17.7. The van der Waals surface area contributed by atoms with E-state index in [0.717, 1.165) is 37.8 Å². The number of aryl methyl sites for hydroxylation is 1. The van der Waals surface area contributed by atoms with Crippen LogP contribution in [0.5, 0.6) is 0 Å². The molecule has 0 unspecified atom stereocenters. The number of nitrogens with one attached hydrogen (secondary N) is 1. The highest BCUT2D eigenvalue weighted by molar-refractivity contribution is 5.91. The smallest absolute Gasteiger partial charge is 0.226 e. The van der Waals surface area contributed by atoms with Gasteiger partial charge in [0.25, 0.3) is 0 Å². The molecule has 0 radical (unpaired) electrons. The molecule has 3 heteroatoms. The Morgan fingerprint density at radius 3 is 2.44 bits per heavy atom. The van der Waals surface area contributed by atoms with Gasteiger partial charge in [-0.1, -0.05) is 31.9 Å². The minimum atomic E-state index is -0.270. The van der Waals surface area contributed by atoms with Gasteiger partial charge in [0.2, 0.25) is 5.91 Å². The summed E-state index contributed by atoms with van der Waals surface area (Å²) in [6.45, 7) is 2.12. The first-order valence-electron chi connectivity index (χ1n) is 6.79. The first-order chi connectivity index (χ1) is 8.61. The van der Waals surface area contributed by atoms with Gasteiger partial charge in [-0.05, 0) is 37.0 Å². The quantitative estimate of drug-likeness (QED) is 0.858. The number of benzene rings is 1. The lowest BCUT2D eigenvalue weighted by molar-refractivity contribution is -0.117. The summed E-state index contributed by atoms with van der Waals surface area (Å²) in [5, 5.41) is 2.93. The third kappa shape index (κ3) is 3.33. The van der Waals surface area contributed by atoms with Crippen LogP contribution in [0.15, 0.2) is 24.3 Å². The molecule has 18 heavy (non-hydrogen) atoms. The van der Waals surface area contributed by atoms with E-state index >= 15 is 0 Å². The fourth-order valence-corrected chi connectivity index (χ4v) is 2.60. The van der Waals surface area contributed by atoms with Crippen molar-refractivity contribution in [2.75, 3.05) is 5.32 Å². The molecule has 1 saturated carbocycles. The van der Waals surface area contributed by atoms with Crippen LogP contribution in [-0.4, -0.2) is 11.4 Å². The van der Waals surface area contributed by atoms with Crippen LogP contribution in [0.3, 0.4) is 0 Å². The van der Waals surface area contributed by atoms with E-state index in [4.69, 9.17) is 5.73 Å². The number of rotatable bonds is 4. The molecule has 3 N–H and O–H groups in total. The van der Waals surface area contributed by atoms with E-state index < -0.39 is 0 Å². The highest BCUT2D eigenvalue weighted by atomic mass is 16.1. The van der Waals surface area contributed by atoms with E-state index in [2.05, 4.69) is 12.2 Å². The zero-order valence-electron chi connectivity index (χ0n) is 11.0. The van der Waals surface area contributed by atoms with E-state index in [-0.39, 0.29) is 11.4 Å². The summed E-state index contributed by atoms with van der Waals surface area (Å²) in [5.41, 5.74) is 8.06. The van der Waals surface area contributed by atoms with Crippen LogP contribution in [0.2, 0.25) is 0 Å². The average Bonchev–Trinajstić information content (AvgIpc) is 2.76. The molecule has 0 aliphatic heterocycles. The molecular formula is C15H22N2O. The summed E-state index contributed by atoms with van der Waals surface area (Å²) in [4.78, 5) is 11.9. The molecule has 1 fully saturated rings. The largest absolute Gasteiger partial charge is 0.326 e. The Morgan fingerprint density at radius 1 is 1.28 bits per heavy atom. The van der Waals surface area contributed by atoms with Crippen LogP contribution in [0.25, 0.3) is 0 Å². The van der Waals surface area contributed by atoms with Crippen molar-refractivity contribution in [3.05, 3.63) is 29.8 Å². The van der Waals surface area contributed by atoms with E-state index in [9.17, 15) is 4.79 Å². The lowest BCUT2D eigenvalue weighted by Crippen LogP contribution is -2.40. The standard InChI is InChI=1S/C15H22N2O/c1-2-12-5-7-13(8-6-12)17-14(18)11-15(16)9-3-4-10-15/h5-8H,2-4,9-11,16H2,1H3,(H,17,18). The predicted molar refractivity (Wildman–Crippen MR) is 74.5 cm³/mol. The maximum Gasteiger partial charge on any atom is 0.226 e. The van der Waals surface area contributed by atoms with Gasteiger partial charge in [0, 0.05) is 17.6 Å². The van der Waals surface area contributed by atoms with Crippen molar-refractivity contribution in [3.63, 3.8) is 0 Å². The van der Waals surface area contributed by atoms with Crippen LogP contribution < -0.4 is 11.1 Å². The summed E-state index contributed by atoms with van der Waals surface area (Å²) < 4.78 is 0. The third-order valence-corrected chi connectivity index (χ3v) is 3.76. The maximum atomic E-state index is 11.9. The van der Waals surface area contributed by atoms with Gasteiger partial charge in [-0.2, -0.15) is 0 Å². The molecular weight excluding hydrogens is 224 g/mol. The Balaban J connectivity index is 1.90. The van der Waals surface area contributed by atoms with E-state index in [1.165, 1.54) is 5.56 Å². The summed E-state index contributed by atoms with van der Waals surface area (Å²) >= 11 is 0. The van der Waals surface area contributed by atoms with Crippen LogP contribution in [0.4, 0.5) is 5.69 Å². The van der Waals surface area contributed by atoms with Crippen molar-refractivity contribution in [1.29, 1.82) is 0 Å². The summed E-state index contributed by atoms with van der Waals surface area (Å²) in [5.74, 6) is 0.0312. The zero-order valence-corrected chi connectivity index (χ0v) is 11.0. The Bertz CT molecular complexity index is 405. The van der Waals surface area contributed by atoms with Crippen molar-refractivity contribution in [2.45, 2.75) is 51.0 Å². The van der Waals surface area contributed by atoms with Gasteiger partial charge in [-0.3, -0.25) is 4.79 Å². The van der Waals surface area contributed by atoms with Gasteiger partial charge in [0.05, 0.1) is 0 Å². The van der Waals surface area contributed by atoms with Crippen molar-refractivity contribution in [2.24, 2.45) is 5.73 Å². The second-order valence-electron chi connectivity index (χ2n) is 5.34. The molecule has 1 aliphatic rings. The number of carbonyl (C=O) groups is 1. The molecule has 0 spiro atoms. The summed E-state index contributed by atoms with van der Waals surface area (Å²) in [6.07, 6.45) is 5.68. The van der Waals surface area contributed by atoms with Crippen molar-refractivity contribution in [1.82, 2.24) is 0 Å². The molecule has 3 nitrogen and oxygen atoms in total. The number of hydrogen-bond donors (Lipinski definition) is 2. The Kier molecular flexibility index (Phi) is 4.02. The molecule has 0 atom stereocenters. The molecule has 0 saturated heterocycles. The SMILES string of the molecule is CCc1ccc(NC(=O)CC2(N)CCCC2)cc1. The van der Waals surface area contributed by atoms with E-state index in [0.29, 0.717) is 6.42 Å². The zero-order chi connectivity index (χ0) is 13.0. The molecule has 0 bridgehead atoms. The van der Waals surface area contributed by atoms with Gasteiger partial charge in [0.15, 0.2) is 0 Å². The molecule has 1 amide bonds. The molecule has 0 heterocycles. The molecule has 1 aliphatic carbocycles. The van der Waals surface area contributed by atoms with Crippen LogP contribution in [-0.2, 0) is 11.2 Å². The number of anilines is 1. The number of amides is 1. The van der Waals surface area contributed by atoms with E-state index in [1.807, 2.05) is 24.3 Å². The van der Waals surface area contributed by atoms with Crippen LogP contribution in [0, 0.1) is 0 Å². The number of carbonyl (C=O) groups excluding carboxylic acids is 1. The Morgan fingerprint density at radius 2 is 1.89 bits per heavy atom. The minimum absolute atomic E-state index is 0.0312. The Hall–Kier alpha value is -1.35. The molecule has 98 valence electrons. The highest BCUT2D eigenvalue weighted by Gasteiger charge is 2.31. The Labute approximate surface area is 109 Å². The first kappa shape index (κ1) is 13.1. The van der Waals surface area contributed by atoms with Crippen molar-refractivity contribution >= 4 is 11.6 Å². The molecule has 2 rings (SSSR count). The summed E-state index contributed by atoms with van der Waals surface area (Å²) in [7, 11) is 0. The van der Waals surface area contributed by atoms with Gasteiger partial charge in [-0.15, -0.1) is 0 Å². The highest BCUT2D eigenvalue weighted by Crippen LogP contribution is 2.30. The second-order valence-corrected chi connectivity index (χ2v) is 5.34. The van der Waals surface area contributed by atoms with Crippen LogP contribution >= 0.6 is 0 Å². The molecule has 0 aromatic heterocycles.